The summed E-state index contributed by atoms with van der Waals surface area (Å²) in [6.45, 7) is 3.85. The Morgan fingerprint density at radius 2 is 1.66 bits per heavy atom. The monoisotopic (exact) mass is 387 g/mol. The van der Waals surface area contributed by atoms with Crippen molar-refractivity contribution in [3.05, 3.63) is 95.1 Å². The van der Waals surface area contributed by atoms with E-state index in [0.717, 1.165) is 34.2 Å². The van der Waals surface area contributed by atoms with Crippen molar-refractivity contribution < 1.29 is 14.6 Å². The van der Waals surface area contributed by atoms with Crippen LogP contribution >= 0.6 is 0 Å². The summed E-state index contributed by atoms with van der Waals surface area (Å²) in [5, 5.41) is 9.45. The fourth-order valence-corrected chi connectivity index (χ4v) is 4.24. The van der Waals surface area contributed by atoms with E-state index in [1.165, 1.54) is 5.56 Å². The number of ether oxygens (including phenoxy) is 1. The summed E-state index contributed by atoms with van der Waals surface area (Å²) >= 11 is 0. The smallest absolute Gasteiger partial charge is 0.323 e. The normalized spacial score (nSPS) is 19.3. The van der Waals surface area contributed by atoms with Gasteiger partial charge in [0, 0.05) is 11.1 Å². The number of carboxylic acid groups (broad SMARTS) is 1. The molecule has 0 saturated heterocycles. The van der Waals surface area contributed by atoms with Crippen LogP contribution in [0.15, 0.2) is 72.8 Å². The first kappa shape index (κ1) is 19.4. The van der Waals surface area contributed by atoms with E-state index in [9.17, 15) is 9.90 Å². The van der Waals surface area contributed by atoms with E-state index in [1.54, 1.807) is 6.92 Å². The maximum Gasteiger partial charge on any atom is 0.323 e. The molecule has 0 amide bonds. The summed E-state index contributed by atoms with van der Waals surface area (Å²) in [5.41, 5.74) is 11.5. The van der Waals surface area contributed by atoms with Gasteiger partial charge in [-0.05, 0) is 35.6 Å². The Labute approximate surface area is 171 Å². The molecule has 0 bridgehead atoms. The van der Waals surface area contributed by atoms with Gasteiger partial charge in [-0.3, -0.25) is 4.79 Å². The highest BCUT2D eigenvalue weighted by Crippen LogP contribution is 2.54. The quantitative estimate of drug-likeness (QED) is 0.660. The van der Waals surface area contributed by atoms with Crippen molar-refractivity contribution in [3.63, 3.8) is 0 Å². The second-order valence-electron chi connectivity index (χ2n) is 7.51. The van der Waals surface area contributed by atoms with Crippen LogP contribution in [0.5, 0.6) is 0 Å². The van der Waals surface area contributed by atoms with Crippen LogP contribution in [-0.2, 0) is 21.6 Å². The van der Waals surface area contributed by atoms with Gasteiger partial charge in [-0.25, -0.2) is 0 Å². The molecule has 0 spiro atoms. The van der Waals surface area contributed by atoms with E-state index >= 15 is 0 Å². The van der Waals surface area contributed by atoms with Crippen molar-refractivity contribution in [3.8, 4) is 11.1 Å². The molecule has 4 heteroatoms. The minimum atomic E-state index is -1.12. The highest BCUT2D eigenvalue weighted by molar-refractivity contribution is 5.83. The standard InChI is InChI=1S/C25H25NO3/c1-3-17-13-14-20-19-11-7-8-12-21(19)25(22(20)15-17,18-9-5-4-6-10-18)29-16(2)23(26)24(27)28/h4-16,23H,3,26H2,1-2H3,(H,27,28)/t16?,23-,25?/m0/s1. The number of rotatable bonds is 6. The molecule has 2 unspecified atom stereocenters. The molecular formula is C25H25NO3. The second kappa shape index (κ2) is 7.47. The largest absolute Gasteiger partial charge is 0.480 e. The van der Waals surface area contributed by atoms with Gasteiger partial charge in [0.05, 0.1) is 6.10 Å². The number of aliphatic carboxylic acids is 1. The fraction of sp³-hybridized carbons (Fsp3) is 0.240. The molecule has 1 aliphatic rings. The lowest BCUT2D eigenvalue weighted by Gasteiger charge is -2.36. The van der Waals surface area contributed by atoms with Crippen LogP contribution < -0.4 is 5.73 Å². The van der Waals surface area contributed by atoms with Gasteiger partial charge in [-0.15, -0.1) is 0 Å². The van der Waals surface area contributed by atoms with Crippen LogP contribution in [0, 0.1) is 0 Å². The Morgan fingerprint density at radius 1 is 1.00 bits per heavy atom. The van der Waals surface area contributed by atoms with E-state index in [4.69, 9.17) is 10.5 Å². The second-order valence-corrected chi connectivity index (χ2v) is 7.51. The van der Waals surface area contributed by atoms with E-state index in [2.05, 4.69) is 37.3 Å². The number of fused-ring (bicyclic) bond motifs is 3. The third-order valence-corrected chi connectivity index (χ3v) is 5.80. The van der Waals surface area contributed by atoms with Crippen LogP contribution in [-0.4, -0.2) is 23.2 Å². The van der Waals surface area contributed by atoms with Crippen molar-refractivity contribution in [2.45, 2.75) is 38.0 Å². The molecule has 0 radical (unpaired) electrons. The summed E-state index contributed by atoms with van der Waals surface area (Å²) in [4.78, 5) is 11.5. The van der Waals surface area contributed by atoms with Crippen LogP contribution in [0.25, 0.3) is 11.1 Å². The molecule has 0 heterocycles. The number of benzene rings is 3. The van der Waals surface area contributed by atoms with Crippen molar-refractivity contribution in [1.82, 2.24) is 0 Å². The molecular weight excluding hydrogens is 362 g/mol. The Balaban J connectivity index is 2.01. The number of carboxylic acids is 1. The minimum Gasteiger partial charge on any atom is -0.480 e. The third kappa shape index (κ3) is 3.05. The highest BCUT2D eigenvalue weighted by Gasteiger charge is 2.47. The topological polar surface area (TPSA) is 72.5 Å². The molecule has 4 rings (SSSR count). The Morgan fingerprint density at radius 3 is 2.34 bits per heavy atom. The molecule has 3 atom stereocenters. The molecule has 0 aliphatic heterocycles. The molecule has 4 nitrogen and oxygen atoms in total. The zero-order valence-electron chi connectivity index (χ0n) is 16.6. The fourth-order valence-electron chi connectivity index (χ4n) is 4.24. The molecule has 0 saturated carbocycles. The van der Waals surface area contributed by atoms with Crippen molar-refractivity contribution in [1.29, 1.82) is 0 Å². The van der Waals surface area contributed by atoms with Gasteiger partial charge in [0.15, 0.2) is 0 Å². The predicted octanol–water partition coefficient (Wildman–Crippen LogP) is 4.34. The molecule has 148 valence electrons. The minimum absolute atomic E-state index is 0.697. The maximum absolute atomic E-state index is 11.5. The Bertz CT molecular complexity index is 1050. The predicted molar refractivity (Wildman–Crippen MR) is 114 cm³/mol. The van der Waals surface area contributed by atoms with Crippen LogP contribution in [0.3, 0.4) is 0 Å². The van der Waals surface area contributed by atoms with Gasteiger partial charge in [0.1, 0.15) is 11.6 Å². The molecule has 0 fully saturated rings. The lowest BCUT2D eigenvalue weighted by molar-refractivity contribution is -0.144. The summed E-state index contributed by atoms with van der Waals surface area (Å²) in [6, 6.07) is 23.5. The summed E-state index contributed by atoms with van der Waals surface area (Å²) < 4.78 is 6.65. The molecule has 3 aromatic carbocycles. The zero-order valence-corrected chi connectivity index (χ0v) is 16.6. The lowest BCUT2D eigenvalue weighted by atomic mass is 9.83. The lowest BCUT2D eigenvalue weighted by Crippen LogP contribution is -2.46. The molecule has 3 N–H and O–H groups in total. The van der Waals surface area contributed by atoms with E-state index in [-0.39, 0.29) is 0 Å². The number of hydrogen-bond acceptors (Lipinski definition) is 3. The summed E-state index contributed by atoms with van der Waals surface area (Å²) in [5.74, 6) is -1.07. The molecule has 3 aromatic rings. The average Bonchev–Trinajstić information content (AvgIpc) is 3.04. The molecule has 1 aliphatic carbocycles. The van der Waals surface area contributed by atoms with Gasteiger partial charge >= 0.3 is 5.97 Å². The first-order valence-electron chi connectivity index (χ1n) is 9.94. The van der Waals surface area contributed by atoms with Gasteiger partial charge in [-0.2, -0.15) is 0 Å². The van der Waals surface area contributed by atoms with E-state index in [0.29, 0.717) is 0 Å². The Kier molecular flexibility index (Phi) is 4.99. The summed E-state index contributed by atoms with van der Waals surface area (Å²) in [7, 11) is 0. The number of nitrogens with two attached hydrogens (primary N) is 1. The first-order valence-corrected chi connectivity index (χ1v) is 9.94. The maximum atomic E-state index is 11.5. The number of aryl methyl sites for hydroxylation is 1. The van der Waals surface area contributed by atoms with E-state index in [1.807, 2.05) is 42.5 Å². The van der Waals surface area contributed by atoms with Crippen LogP contribution in [0.1, 0.15) is 36.1 Å². The van der Waals surface area contributed by atoms with Crippen molar-refractivity contribution in [2.75, 3.05) is 0 Å². The number of carbonyl (C=O) groups is 1. The van der Waals surface area contributed by atoms with Gasteiger partial charge in [-0.1, -0.05) is 79.7 Å². The van der Waals surface area contributed by atoms with Gasteiger partial charge < -0.3 is 15.6 Å². The van der Waals surface area contributed by atoms with Crippen LogP contribution in [0.2, 0.25) is 0 Å². The number of hydrogen-bond donors (Lipinski definition) is 2. The molecule has 0 aromatic heterocycles. The van der Waals surface area contributed by atoms with E-state index < -0.39 is 23.7 Å². The first-order chi connectivity index (χ1) is 14.0. The third-order valence-electron chi connectivity index (χ3n) is 5.80. The zero-order chi connectivity index (χ0) is 20.6. The van der Waals surface area contributed by atoms with Crippen molar-refractivity contribution in [2.24, 2.45) is 5.73 Å². The highest BCUT2D eigenvalue weighted by atomic mass is 16.5. The summed E-state index contributed by atoms with van der Waals surface area (Å²) in [6.07, 6.45) is 0.204. The average molecular weight is 387 g/mol. The SMILES string of the molecule is CCc1ccc2c(c1)C(OC(C)[C@H](N)C(=O)O)(c1ccccc1)c1ccccc1-2. The van der Waals surface area contributed by atoms with Gasteiger partial charge in [0.2, 0.25) is 0 Å². The van der Waals surface area contributed by atoms with Crippen molar-refractivity contribution >= 4 is 5.97 Å². The molecule has 29 heavy (non-hydrogen) atoms. The van der Waals surface area contributed by atoms with Gasteiger partial charge in [0.25, 0.3) is 0 Å². The van der Waals surface area contributed by atoms with Crippen LogP contribution in [0.4, 0.5) is 0 Å². The Hall–Kier alpha value is -2.95.